The highest BCUT2D eigenvalue weighted by Crippen LogP contribution is 2.20. The summed E-state index contributed by atoms with van der Waals surface area (Å²) >= 11 is 0. The summed E-state index contributed by atoms with van der Waals surface area (Å²) < 4.78 is 10.4. The van der Waals surface area contributed by atoms with Crippen LogP contribution >= 0.6 is 0 Å². The van der Waals surface area contributed by atoms with E-state index in [2.05, 4.69) is 0 Å². The van der Waals surface area contributed by atoms with Gasteiger partial charge in [-0.05, 0) is 32.4 Å². The zero-order valence-corrected chi connectivity index (χ0v) is 9.03. The van der Waals surface area contributed by atoms with Gasteiger partial charge in [0.15, 0.2) is 0 Å². The van der Waals surface area contributed by atoms with Crippen molar-refractivity contribution in [3.05, 3.63) is 24.2 Å². The topological polar surface area (TPSA) is 59.7 Å². The van der Waals surface area contributed by atoms with E-state index >= 15 is 0 Å². The molecule has 0 amide bonds. The second-order valence-electron chi connectivity index (χ2n) is 4.07. The van der Waals surface area contributed by atoms with E-state index in [0.29, 0.717) is 19.6 Å². The number of furan rings is 1. The van der Waals surface area contributed by atoms with Gasteiger partial charge in [0.25, 0.3) is 0 Å². The molecule has 1 aromatic heterocycles. The largest absolute Gasteiger partial charge is 0.481 e. The zero-order valence-electron chi connectivity index (χ0n) is 9.03. The molecule has 1 heterocycles. The number of hydrogen-bond acceptors (Lipinski definition) is 3. The van der Waals surface area contributed by atoms with Crippen LogP contribution in [0.15, 0.2) is 22.8 Å². The number of rotatable bonds is 6. The molecule has 0 atom stereocenters. The van der Waals surface area contributed by atoms with Gasteiger partial charge in [0.1, 0.15) is 12.4 Å². The Labute approximate surface area is 88.8 Å². The van der Waals surface area contributed by atoms with Crippen molar-refractivity contribution in [3.8, 4) is 0 Å². The van der Waals surface area contributed by atoms with Gasteiger partial charge in [-0.3, -0.25) is 4.79 Å². The summed E-state index contributed by atoms with van der Waals surface area (Å²) in [6, 6.07) is 3.61. The van der Waals surface area contributed by atoms with Crippen LogP contribution in [-0.4, -0.2) is 17.7 Å². The molecule has 0 saturated carbocycles. The Kier molecular flexibility index (Phi) is 3.91. The predicted octanol–water partition coefficient (Wildman–Crippen LogP) is 2.30. The molecule has 0 fully saturated rings. The predicted molar refractivity (Wildman–Crippen MR) is 54.4 cm³/mol. The number of carbonyl (C=O) groups is 1. The van der Waals surface area contributed by atoms with Crippen LogP contribution in [0.4, 0.5) is 0 Å². The maximum atomic E-state index is 10.8. The monoisotopic (exact) mass is 212 g/mol. The van der Waals surface area contributed by atoms with Gasteiger partial charge in [0.05, 0.1) is 11.7 Å². The average molecular weight is 212 g/mol. The van der Waals surface area contributed by atoms with Crippen molar-refractivity contribution < 1.29 is 19.1 Å². The molecule has 84 valence electrons. The van der Waals surface area contributed by atoms with Crippen LogP contribution in [0, 0.1) is 5.41 Å². The Morgan fingerprint density at radius 2 is 2.33 bits per heavy atom. The van der Waals surface area contributed by atoms with Crippen LogP contribution in [0.3, 0.4) is 0 Å². The van der Waals surface area contributed by atoms with Gasteiger partial charge in [0.2, 0.25) is 0 Å². The normalized spacial score (nSPS) is 11.6. The summed E-state index contributed by atoms with van der Waals surface area (Å²) in [6.07, 6.45) is 2.07. The highest BCUT2D eigenvalue weighted by atomic mass is 16.5. The van der Waals surface area contributed by atoms with Gasteiger partial charge < -0.3 is 14.3 Å². The van der Waals surface area contributed by atoms with Gasteiger partial charge in [-0.25, -0.2) is 0 Å². The van der Waals surface area contributed by atoms with E-state index in [1.54, 1.807) is 26.2 Å². The van der Waals surface area contributed by atoms with Crippen molar-refractivity contribution in [2.45, 2.75) is 26.9 Å². The van der Waals surface area contributed by atoms with Crippen molar-refractivity contribution >= 4 is 5.97 Å². The fourth-order valence-corrected chi connectivity index (χ4v) is 1.00. The summed E-state index contributed by atoms with van der Waals surface area (Å²) in [5.74, 6) is -0.0489. The third-order valence-electron chi connectivity index (χ3n) is 2.27. The number of ether oxygens (including phenoxy) is 1. The number of carboxylic acid groups (broad SMARTS) is 1. The first-order chi connectivity index (χ1) is 7.02. The van der Waals surface area contributed by atoms with Crippen LogP contribution < -0.4 is 0 Å². The Morgan fingerprint density at radius 3 is 2.87 bits per heavy atom. The number of carboxylic acids is 1. The van der Waals surface area contributed by atoms with E-state index in [-0.39, 0.29) is 0 Å². The smallest absolute Gasteiger partial charge is 0.309 e. The molecule has 0 bridgehead atoms. The standard InChI is InChI=1S/C11H16O4/c1-11(2,10(12)13)5-7-14-8-9-4-3-6-15-9/h3-4,6H,5,7-8H2,1-2H3,(H,12,13). The van der Waals surface area contributed by atoms with Gasteiger partial charge in [-0.1, -0.05) is 0 Å². The highest BCUT2D eigenvalue weighted by Gasteiger charge is 2.26. The highest BCUT2D eigenvalue weighted by molar-refractivity contribution is 5.73. The molecule has 0 unspecified atom stereocenters. The number of aliphatic carboxylic acids is 1. The van der Waals surface area contributed by atoms with Crippen molar-refractivity contribution in [3.63, 3.8) is 0 Å². The first-order valence-electron chi connectivity index (χ1n) is 4.86. The molecule has 0 aliphatic carbocycles. The molecule has 0 spiro atoms. The minimum absolute atomic E-state index is 0.392. The first-order valence-corrected chi connectivity index (χ1v) is 4.86. The Balaban J connectivity index is 2.19. The van der Waals surface area contributed by atoms with E-state index in [1.807, 2.05) is 6.07 Å². The summed E-state index contributed by atoms with van der Waals surface area (Å²) in [6.45, 7) is 4.18. The van der Waals surface area contributed by atoms with Crippen LogP contribution in [0.25, 0.3) is 0 Å². The van der Waals surface area contributed by atoms with Crippen molar-refractivity contribution in [1.82, 2.24) is 0 Å². The molecule has 1 aromatic rings. The maximum absolute atomic E-state index is 10.8. The fraction of sp³-hybridized carbons (Fsp3) is 0.545. The third-order valence-corrected chi connectivity index (χ3v) is 2.27. The second-order valence-corrected chi connectivity index (χ2v) is 4.07. The van der Waals surface area contributed by atoms with Crippen molar-refractivity contribution in [1.29, 1.82) is 0 Å². The first kappa shape index (κ1) is 11.8. The molecular formula is C11H16O4. The molecule has 0 aliphatic rings. The molecule has 4 heteroatoms. The van der Waals surface area contributed by atoms with Crippen molar-refractivity contribution in [2.75, 3.05) is 6.61 Å². The van der Waals surface area contributed by atoms with E-state index in [4.69, 9.17) is 14.3 Å². The summed E-state index contributed by atoms with van der Waals surface area (Å²) in [7, 11) is 0. The number of hydrogen-bond donors (Lipinski definition) is 1. The summed E-state index contributed by atoms with van der Waals surface area (Å²) in [5.41, 5.74) is -0.733. The van der Waals surface area contributed by atoms with Crippen LogP contribution in [0.1, 0.15) is 26.0 Å². The molecule has 1 N–H and O–H groups in total. The lowest BCUT2D eigenvalue weighted by molar-refractivity contribution is -0.148. The lowest BCUT2D eigenvalue weighted by Gasteiger charge is -2.18. The van der Waals surface area contributed by atoms with Crippen LogP contribution in [0.5, 0.6) is 0 Å². The fourth-order valence-electron chi connectivity index (χ4n) is 1.00. The molecule has 1 rings (SSSR count). The second kappa shape index (κ2) is 4.98. The SMILES string of the molecule is CC(C)(CCOCc1ccco1)C(=O)O. The maximum Gasteiger partial charge on any atom is 0.309 e. The molecule has 15 heavy (non-hydrogen) atoms. The van der Waals surface area contributed by atoms with E-state index < -0.39 is 11.4 Å². The quantitative estimate of drug-likeness (QED) is 0.735. The minimum Gasteiger partial charge on any atom is -0.481 e. The lowest BCUT2D eigenvalue weighted by Crippen LogP contribution is -2.25. The lowest BCUT2D eigenvalue weighted by atomic mass is 9.90. The molecule has 0 aromatic carbocycles. The molecule has 4 nitrogen and oxygen atoms in total. The van der Waals surface area contributed by atoms with Gasteiger partial charge in [-0.2, -0.15) is 0 Å². The Morgan fingerprint density at radius 1 is 1.60 bits per heavy atom. The summed E-state index contributed by atoms with van der Waals surface area (Å²) in [5, 5.41) is 8.85. The Hall–Kier alpha value is -1.29. The molecular weight excluding hydrogens is 196 g/mol. The van der Waals surface area contributed by atoms with Gasteiger partial charge in [-0.15, -0.1) is 0 Å². The van der Waals surface area contributed by atoms with Crippen LogP contribution in [-0.2, 0) is 16.1 Å². The zero-order chi connectivity index (χ0) is 11.3. The van der Waals surface area contributed by atoms with E-state index in [0.717, 1.165) is 5.76 Å². The average Bonchev–Trinajstić information content (AvgIpc) is 2.64. The Bertz CT molecular complexity index is 300. The molecule has 0 aliphatic heterocycles. The van der Waals surface area contributed by atoms with Gasteiger partial charge in [0, 0.05) is 6.61 Å². The molecule has 0 saturated heterocycles. The van der Waals surface area contributed by atoms with Crippen LogP contribution in [0.2, 0.25) is 0 Å². The van der Waals surface area contributed by atoms with E-state index in [9.17, 15) is 4.79 Å². The molecule has 0 radical (unpaired) electrons. The van der Waals surface area contributed by atoms with Crippen molar-refractivity contribution in [2.24, 2.45) is 5.41 Å². The third kappa shape index (κ3) is 3.75. The van der Waals surface area contributed by atoms with E-state index in [1.165, 1.54) is 0 Å². The van der Waals surface area contributed by atoms with Gasteiger partial charge >= 0.3 is 5.97 Å². The summed E-state index contributed by atoms with van der Waals surface area (Å²) in [4.78, 5) is 10.8. The minimum atomic E-state index is -0.802.